The van der Waals surface area contributed by atoms with E-state index in [0.717, 1.165) is 4.90 Å². The summed E-state index contributed by atoms with van der Waals surface area (Å²) in [6.45, 7) is -0.490. The number of nitrogens with zero attached hydrogens (tertiary/aromatic N) is 1. The summed E-state index contributed by atoms with van der Waals surface area (Å²) in [4.78, 5) is 37.4. The fourth-order valence-electron chi connectivity index (χ4n) is 3.29. The van der Waals surface area contributed by atoms with Crippen LogP contribution in [-0.2, 0) is 19.3 Å². The van der Waals surface area contributed by atoms with Crippen LogP contribution in [0.3, 0.4) is 0 Å². The smallest absolute Gasteiger partial charge is 0.326 e. The van der Waals surface area contributed by atoms with Crippen LogP contribution < -0.4 is 10.1 Å². The summed E-state index contributed by atoms with van der Waals surface area (Å²) in [6.07, 6.45) is 1.19. The van der Waals surface area contributed by atoms with Crippen molar-refractivity contribution in [1.29, 1.82) is 4.78 Å². The van der Waals surface area contributed by atoms with Crippen molar-refractivity contribution in [3.8, 4) is 11.5 Å². The number of carbonyl (C=O) groups is 3. The van der Waals surface area contributed by atoms with Crippen molar-refractivity contribution in [2.45, 2.75) is 17.7 Å². The highest BCUT2D eigenvalue weighted by Gasteiger charge is 2.42. The first-order chi connectivity index (χ1) is 14.6. The van der Waals surface area contributed by atoms with E-state index in [4.69, 9.17) is 9.52 Å². The van der Waals surface area contributed by atoms with E-state index in [0.29, 0.717) is 17.1 Å². The molecule has 2 aromatic rings. The highest BCUT2D eigenvalue weighted by atomic mass is 32.2. The third-order valence-corrected chi connectivity index (χ3v) is 6.61. The van der Waals surface area contributed by atoms with Crippen LogP contribution >= 0.6 is 0 Å². The van der Waals surface area contributed by atoms with Crippen LogP contribution in [0.25, 0.3) is 0 Å². The zero-order valence-corrected chi connectivity index (χ0v) is 17.6. The lowest BCUT2D eigenvalue weighted by Crippen LogP contribution is -2.45. The number of carboxylic acid groups (broad SMARTS) is 1. The van der Waals surface area contributed by atoms with Crippen molar-refractivity contribution in [2.75, 3.05) is 19.3 Å². The molecule has 3 unspecified atom stereocenters. The Labute approximate surface area is 180 Å². The minimum atomic E-state index is -2.99. The number of carbonyl (C=O) groups excluding carboxylic acids is 2. The van der Waals surface area contributed by atoms with Gasteiger partial charge in [-0.1, -0.05) is 18.2 Å². The predicted octanol–water partition coefficient (Wildman–Crippen LogP) is 1.94. The molecule has 10 heteroatoms. The van der Waals surface area contributed by atoms with Crippen molar-refractivity contribution in [3.63, 3.8) is 0 Å². The van der Waals surface area contributed by atoms with E-state index in [1.807, 2.05) is 18.2 Å². The van der Waals surface area contributed by atoms with E-state index in [1.54, 1.807) is 36.4 Å². The summed E-state index contributed by atoms with van der Waals surface area (Å²) in [5, 5.41) is 11.1. The molecule has 2 amide bonds. The van der Waals surface area contributed by atoms with Gasteiger partial charge in [0, 0.05) is 28.1 Å². The topological polar surface area (TPSA) is 137 Å². The van der Waals surface area contributed by atoms with E-state index >= 15 is 0 Å². The van der Waals surface area contributed by atoms with E-state index in [9.17, 15) is 23.7 Å². The van der Waals surface area contributed by atoms with Gasteiger partial charge in [0.15, 0.2) is 0 Å². The van der Waals surface area contributed by atoms with Gasteiger partial charge in [0.1, 0.15) is 17.5 Å². The van der Waals surface area contributed by atoms with Crippen molar-refractivity contribution in [3.05, 3.63) is 60.2 Å². The number of ether oxygens (including phenoxy) is 1. The molecule has 2 aromatic carbocycles. The van der Waals surface area contributed by atoms with Crippen LogP contribution in [0.4, 0.5) is 0 Å². The lowest BCUT2D eigenvalue weighted by Gasteiger charge is -2.21. The standard InChI is InChI=1S/C21H23N3O6S/c1-31(22,29)17-11-18(21(27)28)24(13-17)19(25)12-23-20(26)14-7-9-16(10-8-14)30-15-5-3-2-4-6-15/h2-10,17-18,22H,11-13H2,1H3,(H,23,26)(H,27,28). The molecule has 0 bridgehead atoms. The summed E-state index contributed by atoms with van der Waals surface area (Å²) >= 11 is 0. The average molecular weight is 445 g/mol. The van der Waals surface area contributed by atoms with Gasteiger partial charge in [-0.15, -0.1) is 0 Å². The van der Waals surface area contributed by atoms with E-state index in [2.05, 4.69) is 5.32 Å². The van der Waals surface area contributed by atoms with Gasteiger partial charge in [-0.05, 0) is 42.8 Å². The van der Waals surface area contributed by atoms with Crippen molar-refractivity contribution >= 4 is 27.5 Å². The van der Waals surface area contributed by atoms with Gasteiger partial charge >= 0.3 is 5.97 Å². The Hall–Kier alpha value is -3.40. The molecule has 3 rings (SSSR count). The van der Waals surface area contributed by atoms with Gasteiger partial charge in [0.25, 0.3) is 5.91 Å². The van der Waals surface area contributed by atoms with Gasteiger partial charge in [0.2, 0.25) is 5.91 Å². The van der Waals surface area contributed by atoms with E-state index in [1.165, 1.54) is 6.26 Å². The number of aliphatic carboxylic acids is 1. The normalized spacial score (nSPS) is 20.0. The molecule has 0 aromatic heterocycles. The Morgan fingerprint density at radius 3 is 2.32 bits per heavy atom. The lowest BCUT2D eigenvalue weighted by atomic mass is 10.2. The average Bonchev–Trinajstić information content (AvgIpc) is 3.20. The number of likely N-dealkylation sites (tertiary alicyclic amines) is 1. The largest absolute Gasteiger partial charge is 0.480 e. The molecule has 1 saturated heterocycles. The van der Waals surface area contributed by atoms with Gasteiger partial charge in [-0.2, -0.15) is 0 Å². The Morgan fingerprint density at radius 1 is 1.13 bits per heavy atom. The molecule has 1 aliphatic heterocycles. The molecule has 0 aliphatic carbocycles. The first kappa shape index (κ1) is 22.3. The molecule has 3 N–H and O–H groups in total. The van der Waals surface area contributed by atoms with Crippen molar-refractivity contribution in [2.24, 2.45) is 0 Å². The molecule has 9 nitrogen and oxygen atoms in total. The van der Waals surface area contributed by atoms with Crippen LogP contribution in [0.2, 0.25) is 0 Å². The van der Waals surface area contributed by atoms with Crippen LogP contribution in [0.15, 0.2) is 54.6 Å². The molecular weight excluding hydrogens is 422 g/mol. The second-order valence-corrected chi connectivity index (χ2v) is 9.76. The Balaban J connectivity index is 1.58. The van der Waals surface area contributed by atoms with E-state index < -0.39 is 45.3 Å². The van der Waals surface area contributed by atoms with E-state index in [-0.39, 0.29) is 13.0 Å². The Kier molecular flexibility index (Phi) is 6.59. The molecular formula is C21H23N3O6S. The summed E-state index contributed by atoms with van der Waals surface area (Å²) < 4.78 is 25.3. The number of benzene rings is 2. The third-order valence-electron chi connectivity index (χ3n) is 5.00. The molecule has 0 saturated carbocycles. The monoisotopic (exact) mass is 445 g/mol. The first-order valence-electron chi connectivity index (χ1n) is 9.51. The maximum Gasteiger partial charge on any atom is 0.326 e. The highest BCUT2D eigenvalue weighted by molar-refractivity contribution is 7.92. The Morgan fingerprint density at radius 2 is 1.74 bits per heavy atom. The zero-order valence-electron chi connectivity index (χ0n) is 16.8. The highest BCUT2D eigenvalue weighted by Crippen LogP contribution is 2.24. The summed E-state index contributed by atoms with van der Waals surface area (Å²) in [5.74, 6) is -1.12. The SMILES string of the molecule is CS(=N)(=O)C1CC(C(=O)O)N(C(=O)CNC(=O)c2ccc(Oc3ccccc3)cc2)C1. The van der Waals surface area contributed by atoms with Gasteiger partial charge in [0.05, 0.1) is 11.8 Å². The summed E-state index contributed by atoms with van der Waals surface area (Å²) in [5.41, 5.74) is 0.310. The fourth-order valence-corrected chi connectivity index (χ4v) is 4.29. The maximum atomic E-state index is 12.5. The zero-order chi connectivity index (χ0) is 22.6. The molecule has 164 valence electrons. The predicted molar refractivity (Wildman–Crippen MR) is 114 cm³/mol. The number of nitrogens with one attached hydrogen (secondary N) is 2. The quantitative estimate of drug-likeness (QED) is 0.596. The molecule has 1 aliphatic rings. The van der Waals surface area contributed by atoms with Crippen LogP contribution in [0, 0.1) is 4.78 Å². The molecule has 3 atom stereocenters. The molecule has 1 heterocycles. The molecule has 0 radical (unpaired) electrons. The van der Waals surface area contributed by atoms with Crippen molar-refractivity contribution < 1.29 is 28.4 Å². The number of amides is 2. The number of rotatable bonds is 7. The Bertz CT molecular complexity index is 1070. The van der Waals surface area contributed by atoms with Gasteiger partial charge < -0.3 is 20.1 Å². The second-order valence-electron chi connectivity index (χ2n) is 7.28. The third kappa shape index (κ3) is 5.60. The number of hydrogen-bond donors (Lipinski definition) is 3. The summed E-state index contributed by atoms with van der Waals surface area (Å²) in [6, 6.07) is 14.4. The lowest BCUT2D eigenvalue weighted by molar-refractivity contribution is -0.147. The summed E-state index contributed by atoms with van der Waals surface area (Å²) in [7, 11) is -2.99. The van der Waals surface area contributed by atoms with Crippen LogP contribution in [-0.4, -0.2) is 62.6 Å². The number of hydrogen-bond acceptors (Lipinski definition) is 6. The minimum absolute atomic E-state index is 0.0449. The van der Waals surface area contributed by atoms with Gasteiger partial charge in [-0.3, -0.25) is 14.4 Å². The molecule has 31 heavy (non-hydrogen) atoms. The first-order valence-corrected chi connectivity index (χ1v) is 11.5. The van der Waals surface area contributed by atoms with Crippen LogP contribution in [0.5, 0.6) is 11.5 Å². The second kappa shape index (κ2) is 9.17. The number of carboxylic acids is 1. The minimum Gasteiger partial charge on any atom is -0.480 e. The fraction of sp³-hybridized carbons (Fsp3) is 0.286. The molecule has 0 spiro atoms. The number of para-hydroxylation sites is 1. The maximum absolute atomic E-state index is 12.5. The van der Waals surface area contributed by atoms with Gasteiger partial charge in [-0.25, -0.2) is 9.00 Å². The molecule has 1 fully saturated rings. The van der Waals surface area contributed by atoms with Crippen molar-refractivity contribution in [1.82, 2.24) is 10.2 Å². The van der Waals surface area contributed by atoms with Crippen LogP contribution in [0.1, 0.15) is 16.8 Å².